The van der Waals surface area contributed by atoms with E-state index >= 15 is 0 Å². The zero-order valence-electron chi connectivity index (χ0n) is 10.4. The number of anilines is 1. The van der Waals surface area contributed by atoms with E-state index in [1.807, 2.05) is 12.1 Å². The van der Waals surface area contributed by atoms with Crippen LogP contribution < -0.4 is 5.73 Å². The zero-order valence-corrected chi connectivity index (χ0v) is 10.4. The lowest BCUT2D eigenvalue weighted by molar-refractivity contribution is 0.103. The summed E-state index contributed by atoms with van der Waals surface area (Å²) in [5, 5.41) is 0.763. The van der Waals surface area contributed by atoms with Crippen LogP contribution in [0.4, 0.5) is 10.1 Å². The number of hydrogen-bond donors (Lipinski definition) is 1. The number of rotatable bonds is 2. The Morgan fingerprint density at radius 3 is 2.80 bits per heavy atom. The molecule has 0 atom stereocenters. The second kappa shape index (κ2) is 4.70. The standard InChI is InChI=1S/C15H10FN3O/c16-11-8-18-6-5-9(11)15(20)14-7-12(17)10-3-1-2-4-13(10)19-14/h1-8H,(H2,17,19). The third kappa shape index (κ3) is 1.99. The molecule has 0 unspecified atom stereocenters. The number of nitrogens with two attached hydrogens (primary N) is 1. The number of fused-ring (bicyclic) bond motifs is 1. The molecular formula is C15H10FN3O. The van der Waals surface area contributed by atoms with Gasteiger partial charge in [-0.05, 0) is 18.2 Å². The monoisotopic (exact) mass is 267 g/mol. The fourth-order valence-electron chi connectivity index (χ4n) is 2.02. The van der Waals surface area contributed by atoms with Crippen LogP contribution >= 0.6 is 0 Å². The van der Waals surface area contributed by atoms with Gasteiger partial charge in [0, 0.05) is 17.3 Å². The SMILES string of the molecule is Nc1cc(C(=O)c2ccncc2F)nc2ccccc12. The Bertz CT molecular complexity index is 817. The van der Waals surface area contributed by atoms with Crippen LogP contribution in [0.15, 0.2) is 48.8 Å². The van der Waals surface area contributed by atoms with Crippen molar-refractivity contribution in [3.63, 3.8) is 0 Å². The van der Waals surface area contributed by atoms with Crippen molar-refractivity contribution >= 4 is 22.4 Å². The highest BCUT2D eigenvalue weighted by atomic mass is 19.1. The predicted octanol–water partition coefficient (Wildman–Crippen LogP) is 2.58. The van der Waals surface area contributed by atoms with Gasteiger partial charge in [-0.1, -0.05) is 18.2 Å². The molecule has 20 heavy (non-hydrogen) atoms. The highest BCUT2D eigenvalue weighted by Crippen LogP contribution is 2.22. The summed E-state index contributed by atoms with van der Waals surface area (Å²) in [6, 6.07) is 10.0. The fraction of sp³-hybridized carbons (Fsp3) is 0. The van der Waals surface area contributed by atoms with Gasteiger partial charge in [-0.3, -0.25) is 9.78 Å². The lowest BCUT2D eigenvalue weighted by Gasteiger charge is -2.06. The van der Waals surface area contributed by atoms with E-state index in [1.54, 1.807) is 12.1 Å². The molecule has 3 rings (SSSR count). The fourth-order valence-corrected chi connectivity index (χ4v) is 2.02. The Kier molecular flexibility index (Phi) is 2.87. The van der Waals surface area contributed by atoms with Gasteiger partial charge in [-0.25, -0.2) is 9.37 Å². The number of nitrogens with zero attached hydrogens (tertiary/aromatic N) is 2. The number of pyridine rings is 2. The molecule has 0 fully saturated rings. The molecule has 2 heterocycles. The molecule has 5 heteroatoms. The van der Waals surface area contributed by atoms with E-state index in [2.05, 4.69) is 9.97 Å². The quantitative estimate of drug-likeness (QED) is 0.724. The van der Waals surface area contributed by atoms with E-state index in [9.17, 15) is 9.18 Å². The number of aromatic nitrogens is 2. The maximum Gasteiger partial charge on any atom is 0.214 e. The zero-order chi connectivity index (χ0) is 14.1. The minimum Gasteiger partial charge on any atom is -0.398 e. The summed E-state index contributed by atoms with van der Waals surface area (Å²) >= 11 is 0. The van der Waals surface area contributed by atoms with E-state index in [1.165, 1.54) is 18.3 Å². The summed E-state index contributed by atoms with van der Waals surface area (Å²) in [6.07, 6.45) is 2.36. The molecule has 0 spiro atoms. The van der Waals surface area contributed by atoms with Gasteiger partial charge in [0.15, 0.2) is 5.82 Å². The summed E-state index contributed by atoms with van der Waals surface area (Å²) in [5.41, 5.74) is 7.00. The molecule has 0 aliphatic heterocycles. The van der Waals surface area contributed by atoms with Gasteiger partial charge in [-0.15, -0.1) is 0 Å². The van der Waals surface area contributed by atoms with Crippen LogP contribution in [0.3, 0.4) is 0 Å². The third-order valence-electron chi connectivity index (χ3n) is 3.00. The van der Waals surface area contributed by atoms with E-state index < -0.39 is 11.6 Å². The number of ketones is 1. The third-order valence-corrected chi connectivity index (χ3v) is 3.00. The molecule has 2 aromatic heterocycles. The van der Waals surface area contributed by atoms with Crippen molar-refractivity contribution in [2.75, 3.05) is 5.73 Å². The number of nitrogen functional groups attached to an aromatic ring is 1. The molecule has 0 saturated carbocycles. The first-order chi connectivity index (χ1) is 9.66. The molecule has 0 saturated heterocycles. The average Bonchev–Trinajstić information content (AvgIpc) is 2.47. The first-order valence-electron chi connectivity index (χ1n) is 5.96. The first-order valence-corrected chi connectivity index (χ1v) is 5.96. The lowest BCUT2D eigenvalue weighted by Crippen LogP contribution is -2.08. The van der Waals surface area contributed by atoms with Crippen LogP contribution in [-0.2, 0) is 0 Å². The smallest absolute Gasteiger partial charge is 0.214 e. The first kappa shape index (κ1) is 12.2. The van der Waals surface area contributed by atoms with E-state index in [0.29, 0.717) is 11.2 Å². The second-order valence-electron chi connectivity index (χ2n) is 4.30. The van der Waals surface area contributed by atoms with E-state index in [4.69, 9.17) is 5.73 Å². The maximum atomic E-state index is 13.6. The van der Waals surface area contributed by atoms with Crippen molar-refractivity contribution in [1.29, 1.82) is 0 Å². The van der Waals surface area contributed by atoms with Gasteiger partial charge < -0.3 is 5.73 Å². The van der Waals surface area contributed by atoms with Crippen LogP contribution in [0.25, 0.3) is 10.9 Å². The molecule has 0 aliphatic carbocycles. The van der Waals surface area contributed by atoms with Gasteiger partial charge in [0.2, 0.25) is 5.78 Å². The molecule has 0 amide bonds. The van der Waals surface area contributed by atoms with Crippen molar-refractivity contribution < 1.29 is 9.18 Å². The van der Waals surface area contributed by atoms with E-state index in [0.717, 1.165) is 11.6 Å². The number of halogens is 1. The molecule has 0 bridgehead atoms. The van der Waals surface area contributed by atoms with Crippen molar-refractivity contribution in [3.8, 4) is 0 Å². The summed E-state index contributed by atoms with van der Waals surface area (Å²) in [5.74, 6) is -1.19. The maximum absolute atomic E-state index is 13.6. The van der Waals surface area contributed by atoms with Crippen LogP contribution in [0.2, 0.25) is 0 Å². The topological polar surface area (TPSA) is 68.9 Å². The molecular weight excluding hydrogens is 257 g/mol. The Labute approximate surface area is 114 Å². The second-order valence-corrected chi connectivity index (χ2v) is 4.30. The minimum atomic E-state index is -0.675. The van der Waals surface area contributed by atoms with Crippen molar-refractivity contribution in [2.24, 2.45) is 0 Å². The number of carbonyl (C=O) groups excluding carboxylic acids is 1. The summed E-state index contributed by atoms with van der Waals surface area (Å²) in [7, 11) is 0. The molecule has 3 aromatic rings. The highest BCUT2D eigenvalue weighted by molar-refractivity contribution is 6.10. The number of para-hydroxylation sites is 1. The molecule has 2 N–H and O–H groups in total. The molecule has 98 valence electrons. The Morgan fingerprint density at radius 2 is 2.00 bits per heavy atom. The predicted molar refractivity (Wildman–Crippen MR) is 73.8 cm³/mol. The van der Waals surface area contributed by atoms with Gasteiger partial charge in [0.25, 0.3) is 0 Å². The number of hydrogen-bond acceptors (Lipinski definition) is 4. The van der Waals surface area contributed by atoms with Gasteiger partial charge in [0.1, 0.15) is 5.69 Å². The lowest BCUT2D eigenvalue weighted by atomic mass is 10.1. The highest BCUT2D eigenvalue weighted by Gasteiger charge is 2.16. The van der Waals surface area contributed by atoms with Gasteiger partial charge in [-0.2, -0.15) is 0 Å². The summed E-state index contributed by atoms with van der Waals surface area (Å²) in [4.78, 5) is 20.1. The summed E-state index contributed by atoms with van der Waals surface area (Å²) in [6.45, 7) is 0. The van der Waals surface area contributed by atoms with Crippen molar-refractivity contribution in [1.82, 2.24) is 9.97 Å². The number of benzene rings is 1. The molecule has 0 aliphatic rings. The Morgan fingerprint density at radius 1 is 1.20 bits per heavy atom. The molecule has 0 radical (unpaired) electrons. The molecule has 4 nitrogen and oxygen atoms in total. The Hall–Kier alpha value is -2.82. The van der Waals surface area contributed by atoms with Gasteiger partial charge >= 0.3 is 0 Å². The van der Waals surface area contributed by atoms with Crippen LogP contribution in [0.5, 0.6) is 0 Å². The number of carbonyl (C=O) groups is 1. The molecule has 1 aromatic carbocycles. The van der Waals surface area contributed by atoms with Gasteiger partial charge in [0.05, 0.1) is 17.3 Å². The van der Waals surface area contributed by atoms with Crippen molar-refractivity contribution in [3.05, 3.63) is 65.9 Å². The van der Waals surface area contributed by atoms with Crippen LogP contribution in [0, 0.1) is 5.82 Å². The normalized spacial score (nSPS) is 10.7. The average molecular weight is 267 g/mol. The van der Waals surface area contributed by atoms with E-state index in [-0.39, 0.29) is 11.3 Å². The minimum absolute atomic E-state index is 0.0674. The summed E-state index contributed by atoms with van der Waals surface area (Å²) < 4.78 is 13.6. The largest absolute Gasteiger partial charge is 0.398 e. The van der Waals surface area contributed by atoms with Crippen LogP contribution in [0.1, 0.15) is 16.1 Å². The van der Waals surface area contributed by atoms with Crippen molar-refractivity contribution in [2.45, 2.75) is 0 Å². The Balaban J connectivity index is 2.16. The van der Waals surface area contributed by atoms with Crippen LogP contribution in [-0.4, -0.2) is 15.8 Å².